The van der Waals surface area contributed by atoms with Gasteiger partial charge in [0.2, 0.25) is 5.91 Å². The summed E-state index contributed by atoms with van der Waals surface area (Å²) in [5.41, 5.74) is 0.603. The molecule has 1 amide bonds. The van der Waals surface area contributed by atoms with Crippen LogP contribution < -0.4 is 10.1 Å². The summed E-state index contributed by atoms with van der Waals surface area (Å²) in [6.07, 6.45) is 0.483. The van der Waals surface area contributed by atoms with E-state index in [2.05, 4.69) is 5.32 Å². The largest absolute Gasteiger partial charge is 0.492 e. The Morgan fingerprint density at radius 2 is 2.12 bits per heavy atom. The number of nitrogens with one attached hydrogen (secondary N) is 1. The van der Waals surface area contributed by atoms with Crippen LogP contribution >= 0.6 is 0 Å². The molecule has 0 aliphatic heterocycles. The summed E-state index contributed by atoms with van der Waals surface area (Å²) in [5, 5.41) is 11.3. The topological polar surface area (TPSA) is 62.1 Å². The van der Waals surface area contributed by atoms with Crippen molar-refractivity contribution in [2.45, 2.75) is 13.3 Å². The van der Waals surface area contributed by atoms with Gasteiger partial charge in [-0.2, -0.15) is 5.26 Å². The number of ether oxygens (including phenoxy) is 1. The van der Waals surface area contributed by atoms with Crippen LogP contribution in [0.5, 0.6) is 5.75 Å². The van der Waals surface area contributed by atoms with Crippen LogP contribution in [-0.4, -0.2) is 19.1 Å². The predicted octanol–water partition coefficient (Wildman–Crippen LogP) is 1.46. The fourth-order valence-corrected chi connectivity index (χ4v) is 1.11. The summed E-state index contributed by atoms with van der Waals surface area (Å²) < 4.78 is 5.38. The van der Waals surface area contributed by atoms with Gasteiger partial charge in [-0.1, -0.05) is 6.92 Å². The number of hydrogen-bond donors (Lipinski definition) is 1. The van der Waals surface area contributed by atoms with Crippen LogP contribution in [0.25, 0.3) is 0 Å². The maximum absolute atomic E-state index is 10.9. The van der Waals surface area contributed by atoms with Gasteiger partial charge < -0.3 is 10.1 Å². The first-order valence-corrected chi connectivity index (χ1v) is 5.16. The molecule has 84 valence electrons. The number of amides is 1. The quantitative estimate of drug-likeness (QED) is 0.761. The summed E-state index contributed by atoms with van der Waals surface area (Å²) in [6.45, 7) is 2.72. The Bertz CT molecular complexity index is 379. The van der Waals surface area contributed by atoms with E-state index in [4.69, 9.17) is 10.00 Å². The van der Waals surface area contributed by atoms with Gasteiger partial charge in [0.25, 0.3) is 0 Å². The van der Waals surface area contributed by atoms with E-state index in [1.54, 1.807) is 31.2 Å². The molecule has 4 nitrogen and oxygen atoms in total. The third-order valence-corrected chi connectivity index (χ3v) is 2.00. The Balaban J connectivity index is 2.27. The molecule has 16 heavy (non-hydrogen) atoms. The second-order valence-electron chi connectivity index (χ2n) is 3.19. The van der Waals surface area contributed by atoms with Crippen LogP contribution in [0.3, 0.4) is 0 Å². The Hall–Kier alpha value is -2.02. The van der Waals surface area contributed by atoms with Crippen molar-refractivity contribution >= 4 is 5.91 Å². The van der Waals surface area contributed by atoms with Gasteiger partial charge >= 0.3 is 0 Å². The van der Waals surface area contributed by atoms with Crippen molar-refractivity contribution < 1.29 is 9.53 Å². The van der Waals surface area contributed by atoms with E-state index in [0.29, 0.717) is 30.9 Å². The van der Waals surface area contributed by atoms with Crippen LogP contribution in [0.1, 0.15) is 18.9 Å². The Kier molecular flexibility index (Phi) is 4.87. The lowest BCUT2D eigenvalue weighted by Gasteiger charge is -2.06. The molecular formula is C12H14N2O2. The first-order valence-electron chi connectivity index (χ1n) is 5.16. The maximum atomic E-state index is 10.9. The van der Waals surface area contributed by atoms with E-state index < -0.39 is 0 Å². The summed E-state index contributed by atoms with van der Waals surface area (Å²) in [6, 6.07) is 8.89. The molecule has 0 atom stereocenters. The van der Waals surface area contributed by atoms with Crippen molar-refractivity contribution in [1.82, 2.24) is 5.32 Å². The lowest BCUT2D eigenvalue weighted by molar-refractivity contribution is -0.120. The molecule has 0 aliphatic carbocycles. The van der Waals surface area contributed by atoms with Gasteiger partial charge in [-0.3, -0.25) is 4.79 Å². The lowest BCUT2D eigenvalue weighted by Crippen LogP contribution is -2.27. The van der Waals surface area contributed by atoms with Crippen LogP contribution in [-0.2, 0) is 4.79 Å². The number of hydrogen-bond acceptors (Lipinski definition) is 3. The number of nitrogens with zero attached hydrogens (tertiary/aromatic N) is 1. The zero-order valence-corrected chi connectivity index (χ0v) is 9.19. The smallest absolute Gasteiger partial charge is 0.219 e. The van der Waals surface area contributed by atoms with Gasteiger partial charge in [0.1, 0.15) is 12.4 Å². The minimum absolute atomic E-state index is 0.0171. The molecule has 0 unspecified atom stereocenters. The predicted molar refractivity (Wildman–Crippen MR) is 60.0 cm³/mol. The number of carbonyl (C=O) groups excluding carboxylic acids is 1. The van der Waals surface area contributed by atoms with E-state index in [9.17, 15) is 4.79 Å². The molecule has 0 aromatic heterocycles. The van der Waals surface area contributed by atoms with Crippen LogP contribution in [0.4, 0.5) is 0 Å². The molecule has 1 N–H and O–H groups in total. The average Bonchev–Trinajstić information content (AvgIpc) is 2.35. The highest BCUT2D eigenvalue weighted by Crippen LogP contribution is 2.10. The monoisotopic (exact) mass is 218 g/mol. The second-order valence-corrected chi connectivity index (χ2v) is 3.19. The summed E-state index contributed by atoms with van der Waals surface area (Å²) in [5.74, 6) is 0.716. The van der Waals surface area contributed by atoms with Crippen molar-refractivity contribution in [3.63, 3.8) is 0 Å². The lowest BCUT2D eigenvalue weighted by atomic mass is 10.2. The summed E-state index contributed by atoms with van der Waals surface area (Å²) in [7, 11) is 0. The average molecular weight is 218 g/mol. The zero-order chi connectivity index (χ0) is 11.8. The molecule has 1 aromatic rings. The van der Waals surface area contributed by atoms with E-state index in [1.165, 1.54) is 0 Å². The summed E-state index contributed by atoms with van der Waals surface area (Å²) >= 11 is 0. The SMILES string of the molecule is CCC(=O)NCCOc1ccc(C#N)cc1. The van der Waals surface area contributed by atoms with Crippen molar-refractivity contribution in [3.05, 3.63) is 29.8 Å². The van der Waals surface area contributed by atoms with E-state index in [0.717, 1.165) is 0 Å². The van der Waals surface area contributed by atoms with E-state index >= 15 is 0 Å². The molecular weight excluding hydrogens is 204 g/mol. The van der Waals surface area contributed by atoms with Crippen LogP contribution in [0, 0.1) is 11.3 Å². The summed E-state index contributed by atoms with van der Waals surface area (Å²) in [4.78, 5) is 10.9. The molecule has 0 radical (unpaired) electrons. The molecule has 0 fully saturated rings. The molecule has 0 saturated heterocycles. The number of carbonyl (C=O) groups is 1. The Labute approximate surface area is 94.8 Å². The highest BCUT2D eigenvalue weighted by atomic mass is 16.5. The molecule has 0 spiro atoms. The third kappa shape index (κ3) is 4.01. The molecule has 0 aliphatic rings. The highest BCUT2D eigenvalue weighted by Gasteiger charge is 1.97. The van der Waals surface area contributed by atoms with Crippen molar-refractivity contribution in [1.29, 1.82) is 5.26 Å². The van der Waals surface area contributed by atoms with Crippen molar-refractivity contribution in [3.8, 4) is 11.8 Å². The van der Waals surface area contributed by atoms with Gasteiger partial charge in [0, 0.05) is 6.42 Å². The highest BCUT2D eigenvalue weighted by molar-refractivity contribution is 5.75. The normalized spacial score (nSPS) is 9.25. The van der Waals surface area contributed by atoms with E-state index in [1.807, 2.05) is 6.07 Å². The Morgan fingerprint density at radius 3 is 2.69 bits per heavy atom. The number of benzene rings is 1. The minimum atomic E-state index is 0.0171. The van der Waals surface area contributed by atoms with Gasteiger partial charge in [0.15, 0.2) is 0 Å². The van der Waals surface area contributed by atoms with Crippen LogP contribution in [0.2, 0.25) is 0 Å². The van der Waals surface area contributed by atoms with Gasteiger partial charge in [0.05, 0.1) is 18.2 Å². The zero-order valence-electron chi connectivity index (χ0n) is 9.19. The standard InChI is InChI=1S/C12H14N2O2/c1-2-12(15)14-7-8-16-11-5-3-10(9-13)4-6-11/h3-6H,2,7-8H2,1H3,(H,14,15). The fraction of sp³-hybridized carbons (Fsp3) is 0.333. The van der Waals surface area contributed by atoms with Crippen LogP contribution in [0.15, 0.2) is 24.3 Å². The van der Waals surface area contributed by atoms with Gasteiger partial charge in [-0.05, 0) is 24.3 Å². The molecule has 0 bridgehead atoms. The van der Waals surface area contributed by atoms with Gasteiger partial charge in [-0.25, -0.2) is 0 Å². The van der Waals surface area contributed by atoms with Crippen molar-refractivity contribution in [2.24, 2.45) is 0 Å². The maximum Gasteiger partial charge on any atom is 0.219 e. The Morgan fingerprint density at radius 1 is 1.44 bits per heavy atom. The molecule has 0 saturated carbocycles. The number of nitriles is 1. The van der Waals surface area contributed by atoms with Crippen molar-refractivity contribution in [2.75, 3.05) is 13.2 Å². The fourth-order valence-electron chi connectivity index (χ4n) is 1.11. The number of rotatable bonds is 5. The minimum Gasteiger partial charge on any atom is -0.492 e. The first-order chi connectivity index (χ1) is 7.76. The molecule has 0 heterocycles. The first kappa shape index (κ1) is 12.1. The third-order valence-electron chi connectivity index (χ3n) is 2.00. The van der Waals surface area contributed by atoms with E-state index in [-0.39, 0.29) is 5.91 Å². The van der Waals surface area contributed by atoms with Gasteiger partial charge in [-0.15, -0.1) is 0 Å². The molecule has 1 aromatic carbocycles. The molecule has 4 heteroatoms. The molecule has 1 rings (SSSR count). The second kappa shape index (κ2) is 6.46.